The Kier molecular flexibility index (Phi) is 4.84. The zero-order chi connectivity index (χ0) is 15.2. The van der Waals surface area contributed by atoms with Gasteiger partial charge in [0.2, 0.25) is 0 Å². The van der Waals surface area contributed by atoms with E-state index in [4.69, 9.17) is 18.0 Å². The zero-order valence-corrected chi connectivity index (χ0v) is 12.1. The molecule has 0 atom stereocenters. The van der Waals surface area contributed by atoms with Crippen LogP contribution in [0.3, 0.4) is 0 Å². The SMILES string of the molecule is NC(=S)c1ccc(C(=O)NCCc2ccc(O)cc2)nc1. The fraction of sp³-hybridized carbons (Fsp3) is 0.133. The van der Waals surface area contributed by atoms with Crippen LogP contribution < -0.4 is 11.1 Å². The van der Waals surface area contributed by atoms with Gasteiger partial charge in [-0.05, 0) is 36.2 Å². The lowest BCUT2D eigenvalue weighted by Crippen LogP contribution is -2.26. The predicted octanol–water partition coefficient (Wildman–Crippen LogP) is 1.39. The van der Waals surface area contributed by atoms with Gasteiger partial charge in [0, 0.05) is 18.3 Å². The van der Waals surface area contributed by atoms with Crippen LogP contribution in [0.15, 0.2) is 42.6 Å². The number of phenols is 1. The Balaban J connectivity index is 1.86. The van der Waals surface area contributed by atoms with Gasteiger partial charge in [-0.2, -0.15) is 0 Å². The third kappa shape index (κ3) is 4.25. The molecular formula is C15H15N3O2S. The predicted molar refractivity (Wildman–Crippen MR) is 84.3 cm³/mol. The summed E-state index contributed by atoms with van der Waals surface area (Å²) in [6.07, 6.45) is 2.16. The van der Waals surface area contributed by atoms with Crippen LogP contribution >= 0.6 is 12.2 Å². The van der Waals surface area contributed by atoms with Crippen molar-refractivity contribution in [3.05, 3.63) is 59.4 Å². The van der Waals surface area contributed by atoms with Gasteiger partial charge in [0.1, 0.15) is 16.4 Å². The average Bonchev–Trinajstić information content (AvgIpc) is 2.49. The first-order chi connectivity index (χ1) is 10.1. The van der Waals surface area contributed by atoms with Gasteiger partial charge in [0.15, 0.2) is 0 Å². The molecular weight excluding hydrogens is 286 g/mol. The third-order valence-electron chi connectivity index (χ3n) is 2.92. The van der Waals surface area contributed by atoms with Crippen LogP contribution in [-0.4, -0.2) is 27.5 Å². The first kappa shape index (κ1) is 14.9. The Hall–Kier alpha value is -2.47. The van der Waals surface area contributed by atoms with Gasteiger partial charge in [0.05, 0.1) is 0 Å². The second-order valence-corrected chi connectivity index (χ2v) is 4.91. The molecule has 0 saturated carbocycles. The molecule has 0 fully saturated rings. The van der Waals surface area contributed by atoms with E-state index >= 15 is 0 Å². The van der Waals surface area contributed by atoms with Gasteiger partial charge in [0.25, 0.3) is 5.91 Å². The summed E-state index contributed by atoms with van der Waals surface area (Å²) in [6, 6.07) is 10.1. The van der Waals surface area contributed by atoms with Crippen LogP contribution in [0, 0.1) is 0 Å². The quantitative estimate of drug-likeness (QED) is 0.726. The number of aromatic hydroxyl groups is 1. The summed E-state index contributed by atoms with van der Waals surface area (Å²) in [5.74, 6) is -0.0202. The van der Waals surface area contributed by atoms with Crippen LogP contribution in [0.25, 0.3) is 0 Å². The number of aromatic nitrogens is 1. The van der Waals surface area contributed by atoms with E-state index in [1.54, 1.807) is 24.3 Å². The van der Waals surface area contributed by atoms with Crippen molar-refractivity contribution in [2.75, 3.05) is 6.54 Å². The number of amides is 1. The molecule has 4 N–H and O–H groups in total. The van der Waals surface area contributed by atoms with Gasteiger partial charge in [-0.25, -0.2) is 0 Å². The van der Waals surface area contributed by atoms with E-state index in [0.29, 0.717) is 24.2 Å². The number of phenolic OH excluding ortho intramolecular Hbond substituents is 1. The summed E-state index contributed by atoms with van der Waals surface area (Å²) in [5.41, 5.74) is 7.45. The molecule has 0 aliphatic heterocycles. The second-order valence-electron chi connectivity index (χ2n) is 4.47. The Morgan fingerprint density at radius 1 is 1.24 bits per heavy atom. The highest BCUT2D eigenvalue weighted by atomic mass is 32.1. The highest BCUT2D eigenvalue weighted by molar-refractivity contribution is 7.80. The number of nitrogens with zero attached hydrogens (tertiary/aromatic N) is 1. The topological polar surface area (TPSA) is 88.2 Å². The van der Waals surface area contributed by atoms with Crippen molar-refractivity contribution >= 4 is 23.1 Å². The summed E-state index contributed by atoms with van der Waals surface area (Å²) in [4.78, 5) is 16.2. The Bertz CT molecular complexity index is 639. The van der Waals surface area contributed by atoms with Gasteiger partial charge in [-0.15, -0.1) is 0 Å². The molecule has 0 aliphatic carbocycles. The number of nitrogens with one attached hydrogen (secondary N) is 1. The molecule has 5 nitrogen and oxygen atoms in total. The molecule has 1 aromatic heterocycles. The average molecular weight is 301 g/mol. The van der Waals surface area contributed by atoms with Crippen LogP contribution in [0.2, 0.25) is 0 Å². The first-order valence-corrected chi connectivity index (χ1v) is 6.79. The number of nitrogens with two attached hydrogens (primary N) is 1. The molecule has 0 radical (unpaired) electrons. The number of thiocarbonyl (C=S) groups is 1. The monoisotopic (exact) mass is 301 g/mol. The lowest BCUT2D eigenvalue weighted by Gasteiger charge is -2.05. The molecule has 108 valence electrons. The smallest absolute Gasteiger partial charge is 0.269 e. The normalized spacial score (nSPS) is 10.1. The number of hydrogen-bond acceptors (Lipinski definition) is 4. The van der Waals surface area contributed by atoms with E-state index < -0.39 is 0 Å². The zero-order valence-electron chi connectivity index (χ0n) is 11.2. The van der Waals surface area contributed by atoms with Crippen LogP contribution in [0.4, 0.5) is 0 Å². The number of benzene rings is 1. The fourth-order valence-electron chi connectivity index (χ4n) is 1.75. The van der Waals surface area contributed by atoms with Crippen molar-refractivity contribution in [2.45, 2.75) is 6.42 Å². The molecule has 0 spiro atoms. The van der Waals surface area contributed by atoms with Gasteiger partial charge in [-0.1, -0.05) is 24.4 Å². The van der Waals surface area contributed by atoms with E-state index in [0.717, 1.165) is 5.56 Å². The fourth-order valence-corrected chi connectivity index (χ4v) is 1.87. The van der Waals surface area contributed by atoms with Crippen molar-refractivity contribution in [2.24, 2.45) is 5.73 Å². The van der Waals surface area contributed by atoms with E-state index in [1.165, 1.54) is 6.20 Å². The Morgan fingerprint density at radius 2 is 1.95 bits per heavy atom. The third-order valence-corrected chi connectivity index (χ3v) is 3.15. The number of carbonyl (C=O) groups is 1. The molecule has 0 bridgehead atoms. The molecule has 0 saturated heterocycles. The van der Waals surface area contributed by atoms with Gasteiger partial charge < -0.3 is 16.2 Å². The maximum atomic E-state index is 11.9. The van der Waals surface area contributed by atoms with Crippen LogP contribution in [0.5, 0.6) is 5.75 Å². The van der Waals surface area contributed by atoms with Crippen molar-refractivity contribution < 1.29 is 9.90 Å². The van der Waals surface area contributed by atoms with Gasteiger partial charge >= 0.3 is 0 Å². The summed E-state index contributed by atoms with van der Waals surface area (Å²) >= 11 is 4.82. The van der Waals surface area contributed by atoms with Crippen LogP contribution in [-0.2, 0) is 6.42 Å². The van der Waals surface area contributed by atoms with Gasteiger partial charge in [-0.3, -0.25) is 9.78 Å². The standard InChI is InChI=1S/C15H15N3O2S/c16-14(21)11-3-6-13(18-9-11)15(20)17-8-7-10-1-4-12(19)5-2-10/h1-6,9,19H,7-8H2,(H2,16,21)(H,17,20). The summed E-state index contributed by atoms with van der Waals surface area (Å²) < 4.78 is 0. The maximum absolute atomic E-state index is 11.9. The Morgan fingerprint density at radius 3 is 2.52 bits per heavy atom. The minimum atomic E-state index is -0.247. The number of carbonyl (C=O) groups excluding carboxylic acids is 1. The lowest BCUT2D eigenvalue weighted by atomic mass is 10.1. The van der Waals surface area contributed by atoms with Crippen molar-refractivity contribution in [1.82, 2.24) is 10.3 Å². The minimum Gasteiger partial charge on any atom is -0.508 e. The summed E-state index contributed by atoms with van der Waals surface area (Å²) in [7, 11) is 0. The molecule has 6 heteroatoms. The lowest BCUT2D eigenvalue weighted by molar-refractivity contribution is 0.0949. The number of rotatable bonds is 5. The summed E-state index contributed by atoms with van der Waals surface area (Å²) in [6.45, 7) is 0.488. The first-order valence-electron chi connectivity index (χ1n) is 6.38. The Labute approximate surface area is 127 Å². The molecule has 1 heterocycles. The second kappa shape index (κ2) is 6.81. The van der Waals surface area contributed by atoms with E-state index in [9.17, 15) is 9.90 Å². The molecule has 0 unspecified atom stereocenters. The number of hydrogen-bond donors (Lipinski definition) is 3. The molecule has 21 heavy (non-hydrogen) atoms. The maximum Gasteiger partial charge on any atom is 0.269 e. The van der Waals surface area contributed by atoms with Crippen molar-refractivity contribution in [1.29, 1.82) is 0 Å². The van der Waals surface area contributed by atoms with E-state index in [-0.39, 0.29) is 16.6 Å². The van der Waals surface area contributed by atoms with E-state index in [1.807, 2.05) is 12.1 Å². The van der Waals surface area contributed by atoms with E-state index in [2.05, 4.69) is 10.3 Å². The largest absolute Gasteiger partial charge is 0.508 e. The van der Waals surface area contributed by atoms with Crippen LogP contribution in [0.1, 0.15) is 21.6 Å². The minimum absolute atomic E-state index is 0.227. The molecule has 1 amide bonds. The van der Waals surface area contributed by atoms with Crippen molar-refractivity contribution in [3.8, 4) is 5.75 Å². The molecule has 2 aromatic rings. The highest BCUT2D eigenvalue weighted by Gasteiger charge is 2.07. The molecule has 2 rings (SSSR count). The van der Waals surface area contributed by atoms with Crippen molar-refractivity contribution in [3.63, 3.8) is 0 Å². The molecule has 1 aromatic carbocycles. The number of pyridine rings is 1. The molecule has 0 aliphatic rings. The summed E-state index contributed by atoms with van der Waals surface area (Å²) in [5, 5.41) is 12.0. The highest BCUT2D eigenvalue weighted by Crippen LogP contribution is 2.09.